The van der Waals surface area contributed by atoms with E-state index in [-0.39, 0.29) is 11.5 Å². The van der Waals surface area contributed by atoms with E-state index in [1.54, 1.807) is 6.07 Å². The highest BCUT2D eigenvalue weighted by molar-refractivity contribution is 6.30. The zero-order valence-electron chi connectivity index (χ0n) is 14.1. The van der Waals surface area contributed by atoms with Crippen molar-refractivity contribution in [3.8, 4) is 0 Å². The standard InChI is InChI=1S/C19H22ClN3O2/c20-17-5-1-3-15(13-17)4-2-8-22-9-11-23(12-10-22)19(25)16-6-7-18(24)21-14-16/h1,3,5-7,13-14H,2,4,8-12H2,(H,21,24). The Kier molecular flexibility index (Phi) is 5.89. The van der Waals surface area contributed by atoms with Gasteiger partial charge in [-0.15, -0.1) is 0 Å². The SMILES string of the molecule is O=C(c1ccc(=O)[nH]c1)N1CCN(CCCc2cccc(Cl)c2)CC1. The maximum atomic E-state index is 12.4. The van der Waals surface area contributed by atoms with Crippen molar-refractivity contribution in [1.29, 1.82) is 0 Å². The Morgan fingerprint density at radius 3 is 2.60 bits per heavy atom. The fraction of sp³-hybridized carbons (Fsp3) is 0.368. The van der Waals surface area contributed by atoms with Crippen molar-refractivity contribution in [2.45, 2.75) is 12.8 Å². The summed E-state index contributed by atoms with van der Waals surface area (Å²) in [5, 5.41) is 0.784. The molecule has 0 unspecified atom stereocenters. The third-order valence-electron chi connectivity index (χ3n) is 4.52. The molecule has 0 radical (unpaired) electrons. The van der Waals surface area contributed by atoms with Gasteiger partial charge in [-0.05, 0) is 43.1 Å². The number of carbonyl (C=O) groups excluding carboxylic acids is 1. The number of halogens is 1. The molecule has 2 aromatic rings. The lowest BCUT2D eigenvalue weighted by atomic mass is 10.1. The third-order valence-corrected chi connectivity index (χ3v) is 4.75. The number of hydrogen-bond donors (Lipinski definition) is 1. The topological polar surface area (TPSA) is 56.4 Å². The van der Waals surface area contributed by atoms with E-state index in [4.69, 9.17) is 11.6 Å². The average Bonchev–Trinajstić information content (AvgIpc) is 2.62. The molecule has 0 spiro atoms. The van der Waals surface area contributed by atoms with Crippen LogP contribution in [0.1, 0.15) is 22.3 Å². The average molecular weight is 360 g/mol. The summed E-state index contributed by atoms with van der Waals surface area (Å²) in [6, 6.07) is 11.0. The number of nitrogens with one attached hydrogen (secondary N) is 1. The third kappa shape index (κ3) is 4.94. The second-order valence-electron chi connectivity index (χ2n) is 6.31. The van der Waals surface area contributed by atoms with Crippen LogP contribution in [-0.4, -0.2) is 53.4 Å². The van der Waals surface area contributed by atoms with E-state index in [1.807, 2.05) is 23.1 Å². The van der Waals surface area contributed by atoms with E-state index in [0.717, 1.165) is 50.6 Å². The molecule has 2 heterocycles. The van der Waals surface area contributed by atoms with Gasteiger partial charge in [-0.25, -0.2) is 0 Å². The zero-order chi connectivity index (χ0) is 17.6. The highest BCUT2D eigenvalue weighted by Crippen LogP contribution is 2.13. The van der Waals surface area contributed by atoms with Crippen molar-refractivity contribution in [2.24, 2.45) is 0 Å². The predicted octanol–water partition coefficient (Wildman–Crippen LogP) is 2.42. The van der Waals surface area contributed by atoms with Crippen LogP contribution in [0.25, 0.3) is 0 Å². The van der Waals surface area contributed by atoms with E-state index in [2.05, 4.69) is 16.0 Å². The Balaban J connectivity index is 1.43. The molecule has 3 rings (SSSR count). The van der Waals surface area contributed by atoms with E-state index >= 15 is 0 Å². The fourth-order valence-corrected chi connectivity index (χ4v) is 3.31. The first-order valence-electron chi connectivity index (χ1n) is 8.56. The lowest BCUT2D eigenvalue weighted by Gasteiger charge is -2.34. The van der Waals surface area contributed by atoms with Gasteiger partial charge in [-0.2, -0.15) is 0 Å². The monoisotopic (exact) mass is 359 g/mol. The summed E-state index contributed by atoms with van der Waals surface area (Å²) >= 11 is 6.01. The van der Waals surface area contributed by atoms with E-state index in [1.165, 1.54) is 17.8 Å². The number of piperazine rings is 1. The summed E-state index contributed by atoms with van der Waals surface area (Å²) in [7, 11) is 0. The summed E-state index contributed by atoms with van der Waals surface area (Å²) in [6.07, 6.45) is 3.58. The van der Waals surface area contributed by atoms with Gasteiger partial charge >= 0.3 is 0 Å². The molecule has 132 valence electrons. The molecule has 1 N–H and O–H groups in total. The van der Waals surface area contributed by atoms with E-state index < -0.39 is 0 Å². The quantitative estimate of drug-likeness (QED) is 0.892. The van der Waals surface area contributed by atoms with Crippen LogP contribution in [0.15, 0.2) is 47.4 Å². The number of amides is 1. The number of aromatic nitrogens is 1. The fourth-order valence-electron chi connectivity index (χ4n) is 3.10. The lowest BCUT2D eigenvalue weighted by molar-refractivity contribution is 0.0635. The molecule has 6 heteroatoms. The van der Waals surface area contributed by atoms with Gasteiger partial charge in [0.1, 0.15) is 0 Å². The number of aromatic amines is 1. The minimum atomic E-state index is -0.193. The number of nitrogens with zero attached hydrogens (tertiary/aromatic N) is 2. The van der Waals surface area contributed by atoms with Crippen LogP contribution in [-0.2, 0) is 6.42 Å². The summed E-state index contributed by atoms with van der Waals surface area (Å²) in [5.74, 6) is -0.0187. The van der Waals surface area contributed by atoms with Crippen LogP contribution in [0.5, 0.6) is 0 Å². The Bertz CT molecular complexity index is 762. The predicted molar refractivity (Wildman–Crippen MR) is 99.2 cm³/mol. The second kappa shape index (κ2) is 8.32. The molecule has 0 saturated carbocycles. The van der Waals surface area contributed by atoms with Crippen LogP contribution in [0, 0.1) is 0 Å². The first-order valence-corrected chi connectivity index (χ1v) is 8.94. The highest BCUT2D eigenvalue weighted by Gasteiger charge is 2.21. The molecular formula is C19H22ClN3O2. The molecule has 5 nitrogen and oxygen atoms in total. The molecule has 1 saturated heterocycles. The van der Waals surface area contributed by atoms with Crippen molar-refractivity contribution in [2.75, 3.05) is 32.7 Å². The van der Waals surface area contributed by atoms with Crippen LogP contribution in [0.2, 0.25) is 5.02 Å². The lowest BCUT2D eigenvalue weighted by Crippen LogP contribution is -2.48. The number of benzene rings is 1. The van der Waals surface area contributed by atoms with Gasteiger partial charge in [0, 0.05) is 43.5 Å². The summed E-state index contributed by atoms with van der Waals surface area (Å²) < 4.78 is 0. The summed E-state index contributed by atoms with van der Waals surface area (Å²) in [6.45, 7) is 4.22. The van der Waals surface area contributed by atoms with Gasteiger partial charge in [-0.1, -0.05) is 23.7 Å². The normalized spacial score (nSPS) is 15.3. The van der Waals surface area contributed by atoms with Gasteiger partial charge in [0.05, 0.1) is 5.56 Å². The molecular weight excluding hydrogens is 338 g/mol. The van der Waals surface area contributed by atoms with E-state index in [9.17, 15) is 9.59 Å². The highest BCUT2D eigenvalue weighted by atomic mass is 35.5. The molecule has 25 heavy (non-hydrogen) atoms. The van der Waals surface area contributed by atoms with Gasteiger partial charge in [-0.3, -0.25) is 14.5 Å². The maximum Gasteiger partial charge on any atom is 0.255 e. The maximum absolute atomic E-state index is 12.4. The number of aryl methyl sites for hydroxylation is 1. The number of carbonyl (C=O) groups is 1. The van der Waals surface area contributed by atoms with Gasteiger partial charge in [0.15, 0.2) is 0 Å². The van der Waals surface area contributed by atoms with Crippen LogP contribution in [0.4, 0.5) is 0 Å². The molecule has 1 aliphatic rings. The molecule has 1 aliphatic heterocycles. The molecule has 1 amide bonds. The smallest absolute Gasteiger partial charge is 0.255 e. The Labute approximate surface area is 152 Å². The number of pyridine rings is 1. The van der Waals surface area contributed by atoms with Crippen molar-refractivity contribution < 1.29 is 4.79 Å². The first-order chi connectivity index (χ1) is 12.1. The first kappa shape index (κ1) is 17.7. The number of rotatable bonds is 5. The molecule has 0 aliphatic carbocycles. The number of hydrogen-bond acceptors (Lipinski definition) is 3. The largest absolute Gasteiger partial charge is 0.336 e. The Hall–Kier alpha value is -2.11. The zero-order valence-corrected chi connectivity index (χ0v) is 14.8. The van der Waals surface area contributed by atoms with Crippen LogP contribution < -0.4 is 5.56 Å². The number of H-pyrrole nitrogens is 1. The minimum Gasteiger partial charge on any atom is -0.336 e. The van der Waals surface area contributed by atoms with Crippen LogP contribution in [0.3, 0.4) is 0 Å². The van der Waals surface area contributed by atoms with Crippen molar-refractivity contribution in [3.63, 3.8) is 0 Å². The Morgan fingerprint density at radius 1 is 1.12 bits per heavy atom. The van der Waals surface area contributed by atoms with Crippen molar-refractivity contribution in [1.82, 2.24) is 14.8 Å². The molecule has 0 bridgehead atoms. The Morgan fingerprint density at radius 2 is 1.92 bits per heavy atom. The van der Waals surface area contributed by atoms with Gasteiger partial charge in [0.25, 0.3) is 5.91 Å². The van der Waals surface area contributed by atoms with Crippen molar-refractivity contribution in [3.05, 3.63) is 69.1 Å². The van der Waals surface area contributed by atoms with Gasteiger partial charge < -0.3 is 9.88 Å². The molecule has 0 atom stereocenters. The minimum absolute atomic E-state index is 0.0187. The second-order valence-corrected chi connectivity index (χ2v) is 6.75. The van der Waals surface area contributed by atoms with Crippen LogP contribution >= 0.6 is 11.6 Å². The summed E-state index contributed by atoms with van der Waals surface area (Å²) in [4.78, 5) is 30.3. The van der Waals surface area contributed by atoms with Crippen molar-refractivity contribution >= 4 is 17.5 Å². The summed E-state index contributed by atoms with van der Waals surface area (Å²) in [5.41, 5.74) is 1.61. The molecule has 1 fully saturated rings. The van der Waals surface area contributed by atoms with Gasteiger partial charge in [0.2, 0.25) is 5.56 Å². The molecule has 1 aromatic carbocycles. The van der Waals surface area contributed by atoms with E-state index in [0.29, 0.717) is 5.56 Å². The molecule has 1 aromatic heterocycles.